The van der Waals surface area contributed by atoms with Gasteiger partial charge in [-0.25, -0.2) is 19.7 Å². The number of amides is 1. The van der Waals surface area contributed by atoms with Crippen molar-refractivity contribution in [3.63, 3.8) is 0 Å². The minimum Gasteiger partial charge on any atom is -0.445 e. The summed E-state index contributed by atoms with van der Waals surface area (Å²) in [6.07, 6.45) is 5.30. The topological polar surface area (TPSA) is 124 Å². The average molecular weight is 615 g/mol. The Morgan fingerprint density at radius 3 is 2.52 bits per heavy atom. The van der Waals surface area contributed by atoms with Crippen molar-refractivity contribution in [3.8, 4) is 28.5 Å². The Balaban J connectivity index is 1.17. The molecule has 4 aromatic heterocycles. The summed E-state index contributed by atoms with van der Waals surface area (Å²) in [4.78, 5) is 33.8. The molecule has 0 unspecified atom stereocenters. The van der Waals surface area contributed by atoms with Gasteiger partial charge in [0.1, 0.15) is 17.9 Å². The van der Waals surface area contributed by atoms with E-state index in [9.17, 15) is 4.79 Å². The van der Waals surface area contributed by atoms with Crippen LogP contribution in [0.15, 0.2) is 89.7 Å². The summed E-state index contributed by atoms with van der Waals surface area (Å²) in [5.41, 5.74) is 5.94. The van der Waals surface area contributed by atoms with Crippen molar-refractivity contribution in [2.75, 3.05) is 11.9 Å². The minimum absolute atomic E-state index is 0.0238. The monoisotopic (exact) mass is 614 g/mol. The first-order valence-electron chi connectivity index (χ1n) is 15.4. The molecule has 11 heteroatoms. The fourth-order valence-corrected chi connectivity index (χ4v) is 5.85. The number of nitrogens with one attached hydrogen (secondary N) is 1. The van der Waals surface area contributed by atoms with Gasteiger partial charge in [-0.3, -0.25) is 0 Å². The molecule has 0 saturated carbocycles. The fourth-order valence-electron chi connectivity index (χ4n) is 5.85. The van der Waals surface area contributed by atoms with E-state index in [-0.39, 0.29) is 24.8 Å². The van der Waals surface area contributed by atoms with Gasteiger partial charge in [-0.15, -0.1) is 0 Å². The number of piperidine rings is 1. The highest BCUT2D eigenvalue weighted by atomic mass is 16.6. The van der Waals surface area contributed by atoms with E-state index in [0.29, 0.717) is 29.9 Å². The number of fused-ring (bicyclic) bond motifs is 1. The Morgan fingerprint density at radius 1 is 0.978 bits per heavy atom. The number of hydrogen-bond acceptors (Lipinski definition) is 9. The minimum atomic E-state index is -0.315. The maximum absolute atomic E-state index is 13.0. The molecule has 1 saturated heterocycles. The van der Waals surface area contributed by atoms with Crippen LogP contribution in [-0.2, 0) is 11.3 Å². The first-order chi connectivity index (χ1) is 22.4. The van der Waals surface area contributed by atoms with E-state index in [1.165, 1.54) is 0 Å². The molecular formula is C35H34N8O3. The molecular weight excluding hydrogens is 580 g/mol. The largest absolute Gasteiger partial charge is 0.445 e. The maximum Gasteiger partial charge on any atom is 0.410 e. The lowest BCUT2D eigenvalue weighted by atomic mass is 10.00. The van der Waals surface area contributed by atoms with Gasteiger partial charge in [0.2, 0.25) is 17.7 Å². The van der Waals surface area contributed by atoms with E-state index in [4.69, 9.17) is 19.2 Å². The molecule has 2 atom stereocenters. The lowest BCUT2D eigenvalue weighted by Gasteiger charge is -2.37. The fraction of sp³-hybridized carbons (Fsp3) is 0.257. The van der Waals surface area contributed by atoms with Gasteiger partial charge >= 0.3 is 6.09 Å². The zero-order valence-corrected chi connectivity index (χ0v) is 25.9. The molecule has 11 nitrogen and oxygen atoms in total. The van der Waals surface area contributed by atoms with Crippen molar-refractivity contribution in [2.24, 2.45) is 0 Å². The zero-order chi connectivity index (χ0) is 31.6. The Morgan fingerprint density at radius 2 is 1.76 bits per heavy atom. The molecule has 0 aliphatic carbocycles. The average Bonchev–Trinajstić information content (AvgIpc) is 3.69. The summed E-state index contributed by atoms with van der Waals surface area (Å²) in [7, 11) is 0. The number of aryl methyl sites for hydroxylation is 2. The van der Waals surface area contributed by atoms with Crippen LogP contribution in [0.4, 0.5) is 10.7 Å². The SMILES string of the molecule is Cc1nc(-c2ccc3c(-c4nc(N[C@H]5CC[C@H](C)N(C(=O)OCc6ccccc6)C5)ncc4C)cn(-c4ccccc4)c3n2)no1. The smallest absolute Gasteiger partial charge is 0.410 e. The Bertz CT molecular complexity index is 1990. The zero-order valence-electron chi connectivity index (χ0n) is 25.9. The van der Waals surface area contributed by atoms with Crippen molar-refractivity contribution < 1.29 is 14.1 Å². The highest BCUT2D eigenvalue weighted by Gasteiger charge is 2.30. The van der Waals surface area contributed by atoms with E-state index < -0.39 is 0 Å². The number of likely N-dealkylation sites (tertiary alicyclic amines) is 1. The molecule has 1 fully saturated rings. The van der Waals surface area contributed by atoms with E-state index >= 15 is 0 Å². The van der Waals surface area contributed by atoms with Gasteiger partial charge in [-0.2, -0.15) is 4.98 Å². The van der Waals surface area contributed by atoms with Gasteiger partial charge in [0.25, 0.3) is 0 Å². The number of nitrogens with zero attached hydrogens (tertiary/aromatic N) is 7. The van der Waals surface area contributed by atoms with Gasteiger partial charge in [-0.05, 0) is 62.1 Å². The first-order valence-corrected chi connectivity index (χ1v) is 15.4. The molecule has 5 heterocycles. The third kappa shape index (κ3) is 5.91. The summed E-state index contributed by atoms with van der Waals surface area (Å²) in [5.74, 6) is 1.42. The molecule has 232 valence electrons. The molecule has 2 aromatic carbocycles. The number of hydrogen-bond donors (Lipinski definition) is 1. The van der Waals surface area contributed by atoms with Crippen LogP contribution < -0.4 is 5.32 Å². The molecule has 0 bridgehead atoms. The second kappa shape index (κ2) is 12.4. The summed E-state index contributed by atoms with van der Waals surface area (Å²) in [6, 6.07) is 23.7. The summed E-state index contributed by atoms with van der Waals surface area (Å²) < 4.78 is 12.9. The van der Waals surface area contributed by atoms with Crippen molar-refractivity contribution in [1.82, 2.24) is 34.6 Å². The Kier molecular flexibility index (Phi) is 7.88. The standard InChI is InChI=1S/C35H34N8O3/c1-22-18-36-34(38-26-15-14-23(2)42(19-26)35(44)45-21-25-10-6-4-7-11-25)40-31(22)29-20-43(27-12-8-5-9-13-27)33-28(29)16-17-30(39-33)32-37-24(3)46-41-32/h4-13,16-18,20,23,26H,14-15,19,21H2,1-3H3,(H,36,38,40)/t23-,26-/m0/s1. The summed E-state index contributed by atoms with van der Waals surface area (Å²) in [5, 5.41) is 8.49. The van der Waals surface area contributed by atoms with E-state index in [1.54, 1.807) is 11.8 Å². The van der Waals surface area contributed by atoms with Crippen LogP contribution in [0.2, 0.25) is 0 Å². The van der Waals surface area contributed by atoms with Crippen LogP contribution in [0.1, 0.15) is 36.8 Å². The number of ether oxygens (including phenoxy) is 1. The Hall–Kier alpha value is -5.58. The first kappa shape index (κ1) is 29.1. The van der Waals surface area contributed by atoms with Crippen molar-refractivity contribution >= 4 is 23.1 Å². The molecule has 0 radical (unpaired) electrons. The number of pyridine rings is 1. The Labute approximate surface area is 266 Å². The number of para-hydroxylation sites is 1. The van der Waals surface area contributed by atoms with Crippen molar-refractivity contribution in [3.05, 3.63) is 102 Å². The third-order valence-corrected chi connectivity index (χ3v) is 8.32. The van der Waals surface area contributed by atoms with Crippen molar-refractivity contribution in [1.29, 1.82) is 0 Å². The highest BCUT2D eigenvalue weighted by molar-refractivity contribution is 5.96. The van der Waals surface area contributed by atoms with Crippen LogP contribution in [0.5, 0.6) is 0 Å². The second-order valence-electron chi connectivity index (χ2n) is 11.6. The molecule has 1 N–H and O–H groups in total. The lowest BCUT2D eigenvalue weighted by molar-refractivity contribution is 0.0695. The van der Waals surface area contributed by atoms with Crippen LogP contribution >= 0.6 is 0 Å². The predicted octanol–water partition coefficient (Wildman–Crippen LogP) is 6.75. The van der Waals surface area contributed by atoms with E-state index in [2.05, 4.69) is 38.1 Å². The van der Waals surface area contributed by atoms with Crippen LogP contribution in [0, 0.1) is 13.8 Å². The van der Waals surface area contributed by atoms with Crippen LogP contribution in [0.25, 0.3) is 39.5 Å². The number of anilines is 1. The van der Waals surface area contributed by atoms with Crippen LogP contribution in [0.3, 0.4) is 0 Å². The van der Waals surface area contributed by atoms with E-state index in [1.807, 2.05) is 85.9 Å². The maximum atomic E-state index is 13.0. The van der Waals surface area contributed by atoms with Crippen molar-refractivity contribution in [2.45, 2.75) is 52.3 Å². The van der Waals surface area contributed by atoms with Gasteiger partial charge in [0.15, 0.2) is 0 Å². The second-order valence-corrected chi connectivity index (χ2v) is 11.6. The third-order valence-electron chi connectivity index (χ3n) is 8.32. The summed E-state index contributed by atoms with van der Waals surface area (Å²) >= 11 is 0. The molecule has 1 aliphatic rings. The lowest BCUT2D eigenvalue weighted by Crippen LogP contribution is -2.50. The predicted molar refractivity (Wildman–Crippen MR) is 174 cm³/mol. The number of aromatic nitrogens is 6. The normalized spacial score (nSPS) is 16.5. The van der Waals surface area contributed by atoms with Crippen LogP contribution in [-0.4, -0.2) is 59.3 Å². The highest BCUT2D eigenvalue weighted by Crippen LogP contribution is 2.34. The van der Waals surface area contributed by atoms with Gasteiger partial charge in [0.05, 0.1) is 5.69 Å². The number of benzene rings is 2. The number of rotatable bonds is 7. The molecule has 46 heavy (non-hydrogen) atoms. The molecule has 0 spiro atoms. The number of carbonyl (C=O) groups excluding carboxylic acids is 1. The van der Waals surface area contributed by atoms with E-state index in [0.717, 1.165) is 51.9 Å². The van der Waals surface area contributed by atoms with Gasteiger partial charge in [0, 0.05) is 54.6 Å². The van der Waals surface area contributed by atoms with Gasteiger partial charge < -0.3 is 24.0 Å². The molecule has 7 rings (SSSR count). The van der Waals surface area contributed by atoms with Gasteiger partial charge in [-0.1, -0.05) is 53.7 Å². The molecule has 6 aromatic rings. The number of carbonyl (C=O) groups is 1. The molecule has 1 aliphatic heterocycles. The quantitative estimate of drug-likeness (QED) is 0.208. The molecule has 1 amide bonds. The summed E-state index contributed by atoms with van der Waals surface area (Å²) in [6.45, 7) is 6.56.